The van der Waals surface area contributed by atoms with Crippen LogP contribution in [0.25, 0.3) is 11.1 Å². The van der Waals surface area contributed by atoms with Crippen molar-refractivity contribution in [3.8, 4) is 11.1 Å². The number of rotatable bonds is 5. The first-order valence-electron chi connectivity index (χ1n) is 8.42. The molecule has 3 rings (SSSR count). The van der Waals surface area contributed by atoms with Crippen LogP contribution in [0.2, 0.25) is 0 Å². The summed E-state index contributed by atoms with van der Waals surface area (Å²) in [5.41, 5.74) is 6.59. The summed E-state index contributed by atoms with van der Waals surface area (Å²) in [7, 11) is 0. The maximum atomic E-state index is 13.8. The smallest absolute Gasteiger partial charge is 0.310 e. The lowest BCUT2D eigenvalue weighted by molar-refractivity contribution is -0.144. The van der Waals surface area contributed by atoms with Gasteiger partial charge in [0.1, 0.15) is 18.2 Å². The van der Waals surface area contributed by atoms with Gasteiger partial charge in [0.15, 0.2) is 0 Å². The monoisotopic (exact) mass is 383 g/mol. The third-order valence-electron chi connectivity index (χ3n) is 3.78. The fourth-order valence-corrected chi connectivity index (χ4v) is 2.48. The zero-order valence-corrected chi connectivity index (χ0v) is 15.0. The van der Waals surface area contributed by atoms with E-state index >= 15 is 0 Å². The zero-order valence-electron chi connectivity index (χ0n) is 15.0. The summed E-state index contributed by atoms with van der Waals surface area (Å²) in [6, 6.07) is 19.5. The predicted molar refractivity (Wildman–Crippen MR) is 102 cm³/mol. The molecule has 0 fully saturated rings. The molecule has 4 nitrogen and oxygen atoms in total. The van der Waals surface area contributed by atoms with E-state index in [9.17, 15) is 13.6 Å². The van der Waals surface area contributed by atoms with E-state index in [2.05, 4.69) is 5.73 Å². The number of hydrogen-bond donors (Lipinski definition) is 1. The summed E-state index contributed by atoms with van der Waals surface area (Å²) in [6.07, 6.45) is 0.374. The molecule has 0 aliphatic heterocycles. The first-order valence-corrected chi connectivity index (χ1v) is 8.42. The maximum Gasteiger partial charge on any atom is 0.310 e. The van der Waals surface area contributed by atoms with E-state index in [4.69, 9.17) is 9.53 Å². The molecule has 0 heterocycles. The highest BCUT2D eigenvalue weighted by Gasteiger charge is 2.09. The average molecular weight is 383 g/mol. The number of esters is 1. The standard InChI is InChI=1S/C21H16F2O2.CH3NO/c22-18-10-11-20(23)19(13-18)17-8-6-15(7-9-17)12-21(24)25-14-16-4-2-1-3-5-16;2-1-3/h1-11,13H,12,14H2;1H,(H2,2,3). The van der Waals surface area contributed by atoms with Gasteiger partial charge in [0.2, 0.25) is 6.41 Å². The highest BCUT2D eigenvalue weighted by Crippen LogP contribution is 2.24. The van der Waals surface area contributed by atoms with Crippen molar-refractivity contribution in [2.24, 2.45) is 5.73 Å². The molecule has 0 unspecified atom stereocenters. The minimum absolute atomic E-state index is 0.124. The highest BCUT2D eigenvalue weighted by molar-refractivity contribution is 5.73. The summed E-state index contributed by atoms with van der Waals surface area (Å²) in [6.45, 7) is 0.228. The Balaban J connectivity index is 0.000000878. The second kappa shape index (κ2) is 10.6. The van der Waals surface area contributed by atoms with E-state index in [0.717, 1.165) is 29.3 Å². The van der Waals surface area contributed by atoms with Crippen LogP contribution in [0.3, 0.4) is 0 Å². The summed E-state index contributed by atoms with van der Waals surface area (Å²) >= 11 is 0. The number of benzene rings is 3. The summed E-state index contributed by atoms with van der Waals surface area (Å²) in [5, 5.41) is 0. The molecule has 0 atom stereocenters. The van der Waals surface area contributed by atoms with E-state index < -0.39 is 11.6 Å². The summed E-state index contributed by atoms with van der Waals surface area (Å²) in [4.78, 5) is 20.5. The molecule has 0 bridgehead atoms. The van der Waals surface area contributed by atoms with Gasteiger partial charge in [0, 0.05) is 5.56 Å². The largest absolute Gasteiger partial charge is 0.461 e. The SMILES string of the molecule is NC=O.O=C(Cc1ccc(-c2cc(F)ccc2F)cc1)OCc1ccccc1. The number of halogens is 2. The van der Waals surface area contributed by atoms with E-state index in [1.165, 1.54) is 0 Å². The van der Waals surface area contributed by atoms with E-state index in [0.29, 0.717) is 5.56 Å². The van der Waals surface area contributed by atoms with Crippen LogP contribution in [-0.4, -0.2) is 12.4 Å². The van der Waals surface area contributed by atoms with Gasteiger partial charge in [0.25, 0.3) is 0 Å². The van der Waals surface area contributed by atoms with E-state index in [-0.39, 0.29) is 31.0 Å². The molecule has 0 saturated heterocycles. The molecule has 28 heavy (non-hydrogen) atoms. The summed E-state index contributed by atoms with van der Waals surface area (Å²) < 4.78 is 32.3. The molecule has 3 aromatic rings. The van der Waals surface area contributed by atoms with Crippen LogP contribution in [0.1, 0.15) is 11.1 Å². The van der Waals surface area contributed by atoms with Crippen LogP contribution in [-0.2, 0) is 27.4 Å². The van der Waals surface area contributed by atoms with Crippen molar-refractivity contribution in [2.75, 3.05) is 0 Å². The number of nitrogens with two attached hydrogens (primary N) is 1. The quantitative estimate of drug-likeness (QED) is 0.534. The fraction of sp³-hybridized carbons (Fsp3) is 0.0909. The third-order valence-corrected chi connectivity index (χ3v) is 3.78. The van der Waals surface area contributed by atoms with Gasteiger partial charge in [-0.05, 0) is 34.9 Å². The van der Waals surface area contributed by atoms with Gasteiger partial charge in [-0.3, -0.25) is 9.59 Å². The number of carbonyl (C=O) groups is 2. The topological polar surface area (TPSA) is 69.4 Å². The van der Waals surface area contributed by atoms with Gasteiger partial charge in [0.05, 0.1) is 6.42 Å². The summed E-state index contributed by atoms with van der Waals surface area (Å²) in [5.74, 6) is -1.32. The Kier molecular flexibility index (Phi) is 7.84. The minimum atomic E-state index is -0.495. The molecule has 3 aromatic carbocycles. The first kappa shape index (κ1) is 20.8. The molecule has 0 radical (unpaired) electrons. The Morgan fingerprint density at radius 1 is 0.929 bits per heavy atom. The Morgan fingerprint density at radius 3 is 2.21 bits per heavy atom. The number of hydrogen-bond acceptors (Lipinski definition) is 3. The lowest BCUT2D eigenvalue weighted by atomic mass is 10.0. The van der Waals surface area contributed by atoms with Gasteiger partial charge in [-0.2, -0.15) is 0 Å². The minimum Gasteiger partial charge on any atom is -0.461 e. The fourth-order valence-electron chi connectivity index (χ4n) is 2.48. The molecular weight excluding hydrogens is 364 g/mol. The van der Waals surface area contributed by atoms with Crippen molar-refractivity contribution in [3.63, 3.8) is 0 Å². The molecule has 0 aromatic heterocycles. The van der Waals surface area contributed by atoms with Crippen LogP contribution < -0.4 is 5.73 Å². The number of amides is 1. The Morgan fingerprint density at radius 2 is 1.57 bits per heavy atom. The van der Waals surface area contributed by atoms with Crippen LogP contribution >= 0.6 is 0 Å². The van der Waals surface area contributed by atoms with Gasteiger partial charge in [-0.1, -0.05) is 54.6 Å². The van der Waals surface area contributed by atoms with Crippen LogP contribution in [0.5, 0.6) is 0 Å². The molecule has 0 spiro atoms. The van der Waals surface area contributed by atoms with Crippen LogP contribution in [0.4, 0.5) is 8.78 Å². The van der Waals surface area contributed by atoms with Crippen molar-refractivity contribution in [2.45, 2.75) is 13.0 Å². The molecule has 6 heteroatoms. The Labute approximate surface area is 161 Å². The van der Waals surface area contributed by atoms with Gasteiger partial charge < -0.3 is 10.5 Å². The molecular formula is C22H19F2NO3. The molecule has 0 aliphatic carbocycles. The van der Waals surface area contributed by atoms with Crippen molar-refractivity contribution in [1.82, 2.24) is 0 Å². The molecule has 144 valence electrons. The molecule has 1 amide bonds. The third kappa shape index (κ3) is 6.32. The molecule has 0 saturated carbocycles. The van der Waals surface area contributed by atoms with E-state index in [1.54, 1.807) is 24.3 Å². The second-order valence-corrected chi connectivity index (χ2v) is 5.78. The van der Waals surface area contributed by atoms with Crippen molar-refractivity contribution >= 4 is 12.4 Å². The van der Waals surface area contributed by atoms with Crippen molar-refractivity contribution in [3.05, 3.63) is 95.6 Å². The van der Waals surface area contributed by atoms with Gasteiger partial charge in [-0.25, -0.2) is 8.78 Å². The van der Waals surface area contributed by atoms with Crippen molar-refractivity contribution < 1.29 is 23.1 Å². The van der Waals surface area contributed by atoms with Crippen LogP contribution in [0.15, 0.2) is 72.8 Å². The highest BCUT2D eigenvalue weighted by atomic mass is 19.1. The second-order valence-electron chi connectivity index (χ2n) is 5.78. The predicted octanol–water partition coefficient (Wildman–Crippen LogP) is 4.02. The van der Waals surface area contributed by atoms with Gasteiger partial charge >= 0.3 is 5.97 Å². The van der Waals surface area contributed by atoms with E-state index in [1.807, 2.05) is 30.3 Å². The lowest BCUT2D eigenvalue weighted by Gasteiger charge is -2.07. The average Bonchev–Trinajstić information content (AvgIpc) is 2.70. The number of ether oxygens (including phenoxy) is 1. The number of carbonyl (C=O) groups excluding carboxylic acids is 2. The number of primary amides is 1. The normalized spacial score (nSPS) is 9.79. The van der Waals surface area contributed by atoms with Crippen molar-refractivity contribution in [1.29, 1.82) is 0 Å². The Hall–Kier alpha value is -3.54. The molecule has 2 N–H and O–H groups in total. The maximum absolute atomic E-state index is 13.8. The molecule has 0 aliphatic rings. The first-order chi connectivity index (χ1) is 13.5. The van der Waals surface area contributed by atoms with Gasteiger partial charge in [-0.15, -0.1) is 0 Å². The Bertz CT molecular complexity index is 913. The zero-order chi connectivity index (χ0) is 20.4. The lowest BCUT2D eigenvalue weighted by Crippen LogP contribution is -2.07. The van der Waals surface area contributed by atoms with Crippen LogP contribution in [0, 0.1) is 11.6 Å².